The van der Waals surface area contributed by atoms with Crippen LogP contribution in [0.2, 0.25) is 0 Å². The normalized spacial score (nSPS) is 10.3. The van der Waals surface area contributed by atoms with Crippen LogP contribution in [-0.4, -0.2) is 22.1 Å². The van der Waals surface area contributed by atoms with Crippen molar-refractivity contribution >= 4 is 17.3 Å². The zero-order valence-corrected chi connectivity index (χ0v) is 9.21. The summed E-state index contributed by atoms with van der Waals surface area (Å²) >= 11 is 1.60. The third-order valence-electron chi connectivity index (χ3n) is 1.78. The molecule has 2 rings (SSSR count). The van der Waals surface area contributed by atoms with E-state index >= 15 is 0 Å². The summed E-state index contributed by atoms with van der Waals surface area (Å²) in [4.78, 5) is 14.2. The lowest BCUT2D eigenvalue weighted by Crippen LogP contribution is -2.01. The van der Waals surface area contributed by atoms with Crippen LogP contribution in [0.25, 0.3) is 10.7 Å². The zero-order chi connectivity index (χ0) is 10.8. The Hall–Kier alpha value is -1.69. The van der Waals surface area contributed by atoms with Crippen LogP contribution in [0, 0.1) is 6.92 Å². The molecule has 2 aromatic heterocycles. The van der Waals surface area contributed by atoms with E-state index in [0.717, 1.165) is 4.88 Å². The number of nitrogen functional groups attached to an aromatic ring is 1. The number of hydrogen-bond acceptors (Lipinski definition) is 6. The molecule has 0 spiro atoms. The lowest BCUT2D eigenvalue weighted by atomic mass is 10.4. The van der Waals surface area contributed by atoms with Gasteiger partial charge in [-0.1, -0.05) is 0 Å². The second-order valence-electron chi connectivity index (χ2n) is 2.91. The molecule has 2 heterocycles. The molecule has 0 unspecified atom stereocenters. The van der Waals surface area contributed by atoms with E-state index in [1.807, 2.05) is 19.1 Å². The number of ether oxygens (including phenoxy) is 1. The molecule has 0 fully saturated rings. The molecule has 0 amide bonds. The topological polar surface area (TPSA) is 73.9 Å². The Morgan fingerprint density at radius 1 is 1.27 bits per heavy atom. The standard InChI is InChI=1S/C9H10N4OS/c1-5-3-4-6(15-5)7-11-8(10)13-9(12-7)14-2/h3-4H,1-2H3,(H2,10,11,12,13). The van der Waals surface area contributed by atoms with Crippen molar-refractivity contribution in [3.8, 4) is 16.7 Å². The highest BCUT2D eigenvalue weighted by atomic mass is 32.1. The molecule has 0 atom stereocenters. The highest BCUT2D eigenvalue weighted by molar-refractivity contribution is 7.15. The van der Waals surface area contributed by atoms with Crippen LogP contribution in [-0.2, 0) is 0 Å². The number of rotatable bonds is 2. The van der Waals surface area contributed by atoms with Gasteiger partial charge in [-0.2, -0.15) is 15.0 Å². The molecule has 15 heavy (non-hydrogen) atoms. The summed E-state index contributed by atoms with van der Waals surface area (Å²) in [6.45, 7) is 2.02. The molecule has 5 nitrogen and oxygen atoms in total. The number of methoxy groups -OCH3 is 1. The molecule has 2 aromatic rings. The largest absolute Gasteiger partial charge is 0.467 e. The van der Waals surface area contributed by atoms with Crippen LogP contribution in [0.15, 0.2) is 12.1 Å². The number of aromatic nitrogens is 3. The summed E-state index contributed by atoms with van der Waals surface area (Å²) in [6.07, 6.45) is 0. The number of anilines is 1. The molecule has 0 aromatic carbocycles. The second kappa shape index (κ2) is 3.82. The maximum atomic E-state index is 5.54. The zero-order valence-electron chi connectivity index (χ0n) is 8.39. The van der Waals surface area contributed by atoms with Gasteiger partial charge < -0.3 is 10.5 Å². The van der Waals surface area contributed by atoms with Crippen LogP contribution in [0.3, 0.4) is 0 Å². The van der Waals surface area contributed by atoms with E-state index in [1.165, 1.54) is 12.0 Å². The molecule has 6 heteroatoms. The van der Waals surface area contributed by atoms with Crippen molar-refractivity contribution in [2.75, 3.05) is 12.8 Å². The van der Waals surface area contributed by atoms with Crippen molar-refractivity contribution in [1.82, 2.24) is 15.0 Å². The van der Waals surface area contributed by atoms with Gasteiger partial charge in [0.05, 0.1) is 12.0 Å². The highest BCUT2D eigenvalue weighted by Crippen LogP contribution is 2.25. The van der Waals surface area contributed by atoms with E-state index in [-0.39, 0.29) is 12.0 Å². The fourth-order valence-electron chi connectivity index (χ4n) is 1.13. The average Bonchev–Trinajstić information content (AvgIpc) is 2.64. The number of hydrogen-bond donors (Lipinski definition) is 1. The molecule has 0 saturated carbocycles. The van der Waals surface area contributed by atoms with Crippen molar-refractivity contribution in [3.63, 3.8) is 0 Å². The summed E-state index contributed by atoms with van der Waals surface area (Å²) in [7, 11) is 1.50. The van der Waals surface area contributed by atoms with Crippen LogP contribution < -0.4 is 10.5 Å². The van der Waals surface area contributed by atoms with E-state index in [2.05, 4.69) is 15.0 Å². The van der Waals surface area contributed by atoms with Crippen LogP contribution >= 0.6 is 11.3 Å². The first-order valence-electron chi connectivity index (χ1n) is 4.31. The van der Waals surface area contributed by atoms with Gasteiger partial charge in [0.1, 0.15) is 0 Å². The molecule has 2 N–H and O–H groups in total. The third kappa shape index (κ3) is 2.04. The van der Waals surface area contributed by atoms with E-state index in [1.54, 1.807) is 11.3 Å². The van der Waals surface area contributed by atoms with Gasteiger partial charge in [0.15, 0.2) is 5.82 Å². The van der Waals surface area contributed by atoms with Crippen molar-refractivity contribution in [3.05, 3.63) is 17.0 Å². The van der Waals surface area contributed by atoms with Gasteiger partial charge >= 0.3 is 6.01 Å². The average molecular weight is 222 g/mol. The van der Waals surface area contributed by atoms with E-state index in [0.29, 0.717) is 5.82 Å². The van der Waals surface area contributed by atoms with Gasteiger partial charge in [-0.25, -0.2) is 0 Å². The third-order valence-corrected chi connectivity index (χ3v) is 2.77. The monoisotopic (exact) mass is 222 g/mol. The Labute approximate surface area is 91.0 Å². The molecule has 0 saturated heterocycles. The van der Waals surface area contributed by atoms with Crippen LogP contribution in [0.5, 0.6) is 6.01 Å². The summed E-state index contributed by atoms with van der Waals surface area (Å²) in [6, 6.07) is 4.20. The summed E-state index contributed by atoms with van der Waals surface area (Å²) in [5.41, 5.74) is 5.54. The Kier molecular flexibility index (Phi) is 2.51. The van der Waals surface area contributed by atoms with Gasteiger partial charge in [0, 0.05) is 4.88 Å². The Morgan fingerprint density at radius 2 is 2.07 bits per heavy atom. The molecule has 78 valence electrons. The van der Waals surface area contributed by atoms with Crippen molar-refractivity contribution < 1.29 is 4.74 Å². The molecule has 0 aliphatic rings. The number of aryl methyl sites for hydroxylation is 1. The van der Waals surface area contributed by atoms with E-state index < -0.39 is 0 Å². The minimum Gasteiger partial charge on any atom is -0.467 e. The maximum absolute atomic E-state index is 5.54. The molecular formula is C9H10N4OS. The first-order valence-corrected chi connectivity index (χ1v) is 5.13. The Balaban J connectivity index is 2.48. The minimum absolute atomic E-state index is 0.169. The lowest BCUT2D eigenvalue weighted by Gasteiger charge is -2.00. The van der Waals surface area contributed by atoms with Crippen LogP contribution in [0.1, 0.15) is 4.88 Å². The first-order chi connectivity index (χ1) is 7.19. The number of nitrogens with zero attached hydrogens (tertiary/aromatic N) is 3. The molecule has 0 aliphatic carbocycles. The van der Waals surface area contributed by atoms with E-state index in [4.69, 9.17) is 10.5 Å². The predicted octanol–water partition coefficient (Wildman–Crippen LogP) is 1.50. The van der Waals surface area contributed by atoms with Gasteiger partial charge in [-0.3, -0.25) is 0 Å². The SMILES string of the molecule is COc1nc(N)nc(-c2ccc(C)s2)n1. The fourth-order valence-corrected chi connectivity index (χ4v) is 1.93. The fraction of sp³-hybridized carbons (Fsp3) is 0.222. The van der Waals surface area contributed by atoms with Gasteiger partial charge in [0.2, 0.25) is 5.95 Å². The molecule has 0 aliphatic heterocycles. The number of thiophene rings is 1. The van der Waals surface area contributed by atoms with Gasteiger partial charge in [0.25, 0.3) is 0 Å². The van der Waals surface area contributed by atoms with E-state index in [9.17, 15) is 0 Å². The molecule has 0 radical (unpaired) electrons. The quantitative estimate of drug-likeness (QED) is 0.833. The number of nitrogens with two attached hydrogens (primary N) is 1. The van der Waals surface area contributed by atoms with Gasteiger partial charge in [-0.05, 0) is 19.1 Å². The smallest absolute Gasteiger partial charge is 0.321 e. The van der Waals surface area contributed by atoms with Gasteiger partial charge in [-0.15, -0.1) is 11.3 Å². The summed E-state index contributed by atoms with van der Waals surface area (Å²) in [5.74, 6) is 0.723. The Bertz CT molecular complexity index is 483. The second-order valence-corrected chi connectivity index (χ2v) is 4.20. The van der Waals surface area contributed by atoms with Crippen molar-refractivity contribution in [2.24, 2.45) is 0 Å². The highest BCUT2D eigenvalue weighted by Gasteiger charge is 2.08. The lowest BCUT2D eigenvalue weighted by molar-refractivity contribution is 0.379. The minimum atomic E-state index is 0.169. The summed E-state index contributed by atoms with van der Waals surface area (Å²) in [5, 5.41) is 0. The van der Waals surface area contributed by atoms with Crippen LogP contribution in [0.4, 0.5) is 5.95 Å². The Morgan fingerprint density at radius 3 is 2.67 bits per heavy atom. The summed E-state index contributed by atoms with van der Waals surface area (Å²) < 4.78 is 4.93. The maximum Gasteiger partial charge on any atom is 0.321 e. The van der Waals surface area contributed by atoms with Crippen molar-refractivity contribution in [2.45, 2.75) is 6.92 Å². The van der Waals surface area contributed by atoms with Crippen molar-refractivity contribution in [1.29, 1.82) is 0 Å². The first kappa shape index (κ1) is 9.85. The predicted molar refractivity (Wildman–Crippen MR) is 58.8 cm³/mol. The molecular weight excluding hydrogens is 212 g/mol. The molecule has 0 bridgehead atoms.